The Morgan fingerprint density at radius 1 is 1.15 bits per heavy atom. The number of hydrogen-bond acceptors (Lipinski definition) is 4. The number of hydrogen-bond donors (Lipinski definition) is 1. The molecule has 1 amide bonds. The van der Waals surface area contributed by atoms with Gasteiger partial charge in [-0.05, 0) is 48.4 Å². The van der Waals surface area contributed by atoms with Crippen LogP contribution in [0.5, 0.6) is 0 Å². The van der Waals surface area contributed by atoms with Gasteiger partial charge in [0.05, 0.1) is 31.1 Å². The zero-order chi connectivity index (χ0) is 18.5. The molecule has 1 aliphatic carbocycles. The highest BCUT2D eigenvalue weighted by molar-refractivity contribution is 5.76. The Kier molecular flexibility index (Phi) is 5.80. The molecular weight excluding hydrogens is 340 g/mol. The SMILES string of the molecule is O=C(CC1Cc2ccccc2C1)N[C@@H]1COCC[C@@H]1OCc1ccccn1. The van der Waals surface area contributed by atoms with Crippen molar-refractivity contribution in [3.63, 3.8) is 0 Å². The summed E-state index contributed by atoms with van der Waals surface area (Å²) in [6.07, 6.45) is 5.05. The number of fused-ring (bicyclic) bond motifs is 1. The van der Waals surface area contributed by atoms with Crippen molar-refractivity contribution in [2.24, 2.45) is 5.92 Å². The normalized spacial score (nSPS) is 22.4. The van der Waals surface area contributed by atoms with Crippen molar-refractivity contribution in [1.82, 2.24) is 10.3 Å². The Morgan fingerprint density at radius 3 is 2.67 bits per heavy atom. The number of nitrogens with zero attached hydrogens (tertiary/aromatic N) is 1. The molecule has 0 spiro atoms. The summed E-state index contributed by atoms with van der Waals surface area (Å²) in [7, 11) is 0. The third-order valence-corrected chi connectivity index (χ3v) is 5.42. The van der Waals surface area contributed by atoms with Crippen molar-refractivity contribution in [3.8, 4) is 0 Å². The summed E-state index contributed by atoms with van der Waals surface area (Å²) < 4.78 is 11.6. The number of pyridine rings is 1. The van der Waals surface area contributed by atoms with Gasteiger partial charge in [0.15, 0.2) is 0 Å². The maximum absolute atomic E-state index is 12.6. The standard InChI is InChI=1S/C22H26N2O3/c25-22(13-16-11-17-5-1-2-6-18(17)12-16)24-20-15-26-10-8-21(20)27-14-19-7-3-4-9-23-19/h1-7,9,16,20-21H,8,10-15H2,(H,24,25)/t20-,21+/m1/s1. The van der Waals surface area contributed by atoms with Gasteiger partial charge in [0.1, 0.15) is 0 Å². The van der Waals surface area contributed by atoms with Gasteiger partial charge in [0.2, 0.25) is 5.91 Å². The van der Waals surface area contributed by atoms with Crippen LogP contribution in [0.25, 0.3) is 0 Å². The fraction of sp³-hybridized carbons (Fsp3) is 0.455. The molecular formula is C22H26N2O3. The molecule has 1 aromatic heterocycles. The maximum atomic E-state index is 12.6. The zero-order valence-corrected chi connectivity index (χ0v) is 15.5. The third kappa shape index (κ3) is 4.73. The van der Waals surface area contributed by atoms with Crippen molar-refractivity contribution in [1.29, 1.82) is 0 Å². The van der Waals surface area contributed by atoms with E-state index in [1.54, 1.807) is 6.20 Å². The van der Waals surface area contributed by atoms with E-state index in [4.69, 9.17) is 9.47 Å². The zero-order valence-electron chi connectivity index (χ0n) is 15.5. The second-order valence-corrected chi connectivity index (χ2v) is 7.46. The van der Waals surface area contributed by atoms with Crippen molar-refractivity contribution in [3.05, 3.63) is 65.5 Å². The van der Waals surface area contributed by atoms with E-state index in [-0.39, 0.29) is 18.1 Å². The Hall–Kier alpha value is -2.24. The number of nitrogens with one attached hydrogen (secondary N) is 1. The lowest BCUT2D eigenvalue weighted by atomic mass is 10.0. The van der Waals surface area contributed by atoms with Crippen molar-refractivity contribution >= 4 is 5.91 Å². The molecule has 1 aliphatic heterocycles. The van der Waals surface area contributed by atoms with Gasteiger partial charge < -0.3 is 14.8 Å². The maximum Gasteiger partial charge on any atom is 0.220 e. The van der Waals surface area contributed by atoms with Gasteiger partial charge in [0.25, 0.3) is 0 Å². The summed E-state index contributed by atoms with van der Waals surface area (Å²) in [5, 5.41) is 3.15. The lowest BCUT2D eigenvalue weighted by Gasteiger charge is -2.32. The molecule has 2 aliphatic rings. The molecule has 2 aromatic rings. The van der Waals surface area contributed by atoms with Gasteiger partial charge >= 0.3 is 0 Å². The molecule has 2 heterocycles. The molecule has 0 radical (unpaired) electrons. The van der Waals surface area contributed by atoms with Crippen molar-refractivity contribution < 1.29 is 14.3 Å². The second-order valence-electron chi connectivity index (χ2n) is 7.46. The number of aromatic nitrogens is 1. The Labute approximate surface area is 160 Å². The van der Waals surface area contributed by atoms with Crippen LogP contribution < -0.4 is 5.32 Å². The van der Waals surface area contributed by atoms with E-state index in [1.165, 1.54) is 11.1 Å². The van der Waals surface area contributed by atoms with Gasteiger partial charge in [-0.3, -0.25) is 9.78 Å². The highest BCUT2D eigenvalue weighted by Crippen LogP contribution is 2.28. The molecule has 4 rings (SSSR count). The summed E-state index contributed by atoms with van der Waals surface area (Å²) >= 11 is 0. The van der Waals surface area contributed by atoms with Crippen LogP contribution in [0.3, 0.4) is 0 Å². The van der Waals surface area contributed by atoms with Crippen LogP contribution >= 0.6 is 0 Å². The summed E-state index contributed by atoms with van der Waals surface area (Å²) in [5.41, 5.74) is 3.67. The number of ether oxygens (including phenoxy) is 2. The first-order valence-corrected chi connectivity index (χ1v) is 9.73. The molecule has 2 atom stereocenters. The van der Waals surface area contributed by atoms with Crippen LogP contribution in [0.4, 0.5) is 0 Å². The van der Waals surface area contributed by atoms with E-state index in [0.29, 0.717) is 32.2 Å². The molecule has 1 saturated heterocycles. The van der Waals surface area contributed by atoms with E-state index >= 15 is 0 Å². The molecule has 142 valence electrons. The van der Waals surface area contributed by atoms with E-state index in [1.807, 2.05) is 18.2 Å². The first-order chi connectivity index (χ1) is 13.3. The van der Waals surface area contributed by atoms with E-state index in [2.05, 4.69) is 34.6 Å². The summed E-state index contributed by atoms with van der Waals surface area (Å²) in [6, 6.07) is 14.2. The largest absolute Gasteiger partial charge is 0.379 e. The number of benzene rings is 1. The second kappa shape index (κ2) is 8.63. The van der Waals surface area contributed by atoms with E-state index < -0.39 is 0 Å². The number of amides is 1. The lowest BCUT2D eigenvalue weighted by Crippen LogP contribution is -2.50. The number of rotatable bonds is 6. The third-order valence-electron chi connectivity index (χ3n) is 5.42. The predicted octanol–water partition coefficient (Wildman–Crippen LogP) is 2.68. The predicted molar refractivity (Wildman–Crippen MR) is 102 cm³/mol. The molecule has 1 N–H and O–H groups in total. The van der Waals surface area contributed by atoms with Crippen LogP contribution in [-0.2, 0) is 33.7 Å². The molecule has 0 unspecified atom stereocenters. The summed E-state index contributed by atoms with van der Waals surface area (Å²) in [4.78, 5) is 16.9. The first-order valence-electron chi connectivity index (χ1n) is 9.73. The minimum absolute atomic E-state index is 0.0366. The highest BCUT2D eigenvalue weighted by atomic mass is 16.5. The van der Waals surface area contributed by atoms with Crippen LogP contribution in [0.2, 0.25) is 0 Å². The van der Waals surface area contributed by atoms with Gasteiger partial charge in [-0.15, -0.1) is 0 Å². The van der Waals surface area contributed by atoms with Gasteiger partial charge in [-0.1, -0.05) is 30.3 Å². The molecule has 27 heavy (non-hydrogen) atoms. The van der Waals surface area contributed by atoms with Crippen LogP contribution in [0.1, 0.15) is 29.7 Å². The fourth-order valence-electron chi connectivity index (χ4n) is 4.05. The average Bonchev–Trinajstić information content (AvgIpc) is 3.10. The van der Waals surface area contributed by atoms with E-state index in [0.717, 1.165) is 25.0 Å². The van der Waals surface area contributed by atoms with Gasteiger partial charge in [0, 0.05) is 19.2 Å². The van der Waals surface area contributed by atoms with E-state index in [9.17, 15) is 4.79 Å². The smallest absolute Gasteiger partial charge is 0.220 e. The molecule has 0 saturated carbocycles. The van der Waals surface area contributed by atoms with Gasteiger partial charge in [-0.25, -0.2) is 0 Å². The minimum atomic E-state index is -0.0984. The summed E-state index contributed by atoms with van der Waals surface area (Å²) in [6.45, 7) is 1.62. The quantitative estimate of drug-likeness (QED) is 0.854. The number of carbonyl (C=O) groups excluding carboxylic acids is 1. The minimum Gasteiger partial charge on any atom is -0.379 e. The van der Waals surface area contributed by atoms with Crippen molar-refractivity contribution in [2.45, 2.75) is 44.4 Å². The van der Waals surface area contributed by atoms with Crippen LogP contribution in [-0.4, -0.2) is 36.3 Å². The van der Waals surface area contributed by atoms with Crippen LogP contribution in [0, 0.1) is 5.92 Å². The molecule has 5 nitrogen and oxygen atoms in total. The fourth-order valence-corrected chi connectivity index (χ4v) is 4.05. The topological polar surface area (TPSA) is 60.5 Å². The summed E-state index contributed by atoms with van der Waals surface area (Å²) in [5.74, 6) is 0.481. The molecule has 1 fully saturated rings. The van der Waals surface area contributed by atoms with Crippen LogP contribution in [0.15, 0.2) is 48.7 Å². The van der Waals surface area contributed by atoms with Crippen molar-refractivity contribution in [2.75, 3.05) is 13.2 Å². The Bertz CT molecular complexity index is 740. The number of carbonyl (C=O) groups is 1. The first kappa shape index (κ1) is 18.1. The molecule has 0 bridgehead atoms. The molecule has 5 heteroatoms. The Morgan fingerprint density at radius 2 is 1.93 bits per heavy atom. The molecule has 1 aromatic carbocycles. The van der Waals surface area contributed by atoms with Gasteiger partial charge in [-0.2, -0.15) is 0 Å². The average molecular weight is 366 g/mol. The monoisotopic (exact) mass is 366 g/mol. The lowest BCUT2D eigenvalue weighted by molar-refractivity contribution is -0.127. The highest BCUT2D eigenvalue weighted by Gasteiger charge is 2.30. The Balaban J connectivity index is 1.28.